The van der Waals surface area contributed by atoms with E-state index < -0.39 is 6.09 Å². The number of aromatic amines is 1. The van der Waals surface area contributed by atoms with Crippen molar-refractivity contribution in [2.45, 2.75) is 32.1 Å². The average Bonchev–Trinajstić information content (AvgIpc) is 3.09. The first kappa shape index (κ1) is 14.5. The van der Waals surface area contributed by atoms with E-state index in [1.54, 1.807) is 24.3 Å². The van der Waals surface area contributed by atoms with Gasteiger partial charge in [-0.05, 0) is 53.5 Å². The highest BCUT2D eigenvalue weighted by Crippen LogP contribution is 2.23. The van der Waals surface area contributed by atoms with E-state index in [1.807, 2.05) is 0 Å². The molecule has 7 heteroatoms. The topological polar surface area (TPSA) is 92.8 Å². The number of carbonyl (C=O) groups is 1. The van der Waals surface area contributed by atoms with Gasteiger partial charge in [0.25, 0.3) is 0 Å². The number of hydrogen-bond acceptors (Lipinski definition) is 5. The van der Waals surface area contributed by atoms with E-state index >= 15 is 0 Å². The van der Waals surface area contributed by atoms with E-state index in [0.717, 1.165) is 5.56 Å². The van der Waals surface area contributed by atoms with Crippen molar-refractivity contribution < 1.29 is 9.53 Å². The smallest absolute Gasteiger partial charge is 0.410 e. The van der Waals surface area contributed by atoms with Crippen molar-refractivity contribution in [3.8, 4) is 17.1 Å². The molecule has 1 amide bonds. The Labute approximate surface area is 128 Å². The molecule has 0 atom stereocenters. The fraction of sp³-hybridized carbons (Fsp3) is 0.467. The first-order chi connectivity index (χ1) is 10.8. The molecule has 0 unspecified atom stereocenters. The highest BCUT2D eigenvalue weighted by molar-refractivity contribution is 5.70. The fourth-order valence-electron chi connectivity index (χ4n) is 2.72. The Bertz CT molecular complexity index is 591. The Morgan fingerprint density at radius 2 is 2.00 bits per heavy atom. The van der Waals surface area contributed by atoms with Crippen LogP contribution in [0.25, 0.3) is 11.4 Å². The van der Waals surface area contributed by atoms with Crippen molar-refractivity contribution in [2.75, 3.05) is 6.54 Å². The van der Waals surface area contributed by atoms with Gasteiger partial charge in [0.05, 0.1) is 0 Å². The number of hydrogen-bond donors (Lipinski definition) is 2. The standard InChI is InChI=1S/C15H19N5O2/c21-15(16-10-11-4-2-1-3-5-11)22-13-8-6-12(7-9-13)14-17-19-20-18-14/h6-9,11H,1-5,10H2,(H,16,21)(H,17,18,19,20). The number of amides is 1. The molecule has 7 nitrogen and oxygen atoms in total. The third kappa shape index (κ3) is 3.81. The lowest BCUT2D eigenvalue weighted by molar-refractivity contribution is 0.196. The predicted octanol–water partition coefficient (Wildman–Crippen LogP) is 2.54. The van der Waals surface area contributed by atoms with Gasteiger partial charge in [0.15, 0.2) is 5.82 Å². The largest absolute Gasteiger partial charge is 0.412 e. The molecular formula is C15H19N5O2. The highest BCUT2D eigenvalue weighted by atomic mass is 16.6. The van der Waals surface area contributed by atoms with Gasteiger partial charge < -0.3 is 10.1 Å². The molecule has 3 rings (SSSR count). The fourth-order valence-corrected chi connectivity index (χ4v) is 2.72. The maximum absolute atomic E-state index is 11.8. The van der Waals surface area contributed by atoms with Crippen LogP contribution < -0.4 is 10.1 Å². The van der Waals surface area contributed by atoms with Crippen LogP contribution in [0.3, 0.4) is 0 Å². The van der Waals surface area contributed by atoms with Crippen LogP contribution in [0.2, 0.25) is 0 Å². The summed E-state index contributed by atoms with van der Waals surface area (Å²) in [5, 5.41) is 16.4. The molecule has 0 radical (unpaired) electrons. The molecule has 1 aliphatic carbocycles. The first-order valence-electron chi connectivity index (χ1n) is 7.61. The summed E-state index contributed by atoms with van der Waals surface area (Å²) in [6.07, 6.45) is 5.83. The Hall–Kier alpha value is -2.44. The monoisotopic (exact) mass is 301 g/mol. The molecule has 1 fully saturated rings. The molecule has 0 aliphatic heterocycles. The molecular weight excluding hydrogens is 282 g/mol. The summed E-state index contributed by atoms with van der Waals surface area (Å²) in [7, 11) is 0. The van der Waals surface area contributed by atoms with Crippen LogP contribution in [-0.2, 0) is 0 Å². The molecule has 0 bridgehead atoms. The second kappa shape index (κ2) is 7.02. The second-order valence-electron chi connectivity index (χ2n) is 5.55. The summed E-state index contributed by atoms with van der Waals surface area (Å²) in [5.74, 6) is 1.66. The predicted molar refractivity (Wildman–Crippen MR) is 80.2 cm³/mol. The minimum atomic E-state index is -0.403. The van der Waals surface area contributed by atoms with Crippen LogP contribution in [0.1, 0.15) is 32.1 Å². The van der Waals surface area contributed by atoms with E-state index in [9.17, 15) is 4.79 Å². The van der Waals surface area contributed by atoms with Crippen molar-refractivity contribution in [2.24, 2.45) is 5.92 Å². The molecule has 1 aromatic carbocycles. The third-order valence-corrected chi connectivity index (χ3v) is 3.94. The lowest BCUT2D eigenvalue weighted by Gasteiger charge is -2.21. The summed E-state index contributed by atoms with van der Waals surface area (Å²) in [6, 6.07) is 7.04. The molecule has 2 N–H and O–H groups in total. The minimum Gasteiger partial charge on any atom is -0.410 e. The van der Waals surface area contributed by atoms with Gasteiger partial charge in [-0.3, -0.25) is 0 Å². The summed E-state index contributed by atoms with van der Waals surface area (Å²) in [4.78, 5) is 11.8. The van der Waals surface area contributed by atoms with Crippen molar-refractivity contribution in [1.29, 1.82) is 0 Å². The van der Waals surface area contributed by atoms with E-state index in [1.165, 1.54) is 32.1 Å². The third-order valence-electron chi connectivity index (χ3n) is 3.94. The zero-order valence-electron chi connectivity index (χ0n) is 12.3. The SMILES string of the molecule is O=C(NCC1CCCCC1)Oc1ccc(-c2nnn[nH]2)cc1. The molecule has 1 aliphatic rings. The Morgan fingerprint density at radius 3 is 2.68 bits per heavy atom. The molecule has 1 heterocycles. The average molecular weight is 301 g/mol. The van der Waals surface area contributed by atoms with Gasteiger partial charge in [-0.2, -0.15) is 0 Å². The maximum atomic E-state index is 11.8. The number of ether oxygens (including phenoxy) is 1. The van der Waals surface area contributed by atoms with Crippen LogP contribution in [-0.4, -0.2) is 33.3 Å². The lowest BCUT2D eigenvalue weighted by atomic mass is 9.89. The summed E-state index contributed by atoms with van der Waals surface area (Å²) >= 11 is 0. The zero-order valence-corrected chi connectivity index (χ0v) is 12.3. The molecule has 0 spiro atoms. The van der Waals surface area contributed by atoms with Crippen LogP contribution in [0.5, 0.6) is 5.75 Å². The Morgan fingerprint density at radius 1 is 1.23 bits per heavy atom. The molecule has 1 saturated carbocycles. The van der Waals surface area contributed by atoms with Gasteiger partial charge in [-0.15, -0.1) is 5.10 Å². The number of nitrogens with zero attached hydrogens (tertiary/aromatic N) is 3. The van der Waals surface area contributed by atoms with Gasteiger partial charge in [-0.25, -0.2) is 9.89 Å². The number of tetrazole rings is 1. The van der Waals surface area contributed by atoms with E-state index in [4.69, 9.17) is 4.74 Å². The van der Waals surface area contributed by atoms with Crippen molar-refractivity contribution >= 4 is 6.09 Å². The van der Waals surface area contributed by atoms with Crippen LogP contribution in [0, 0.1) is 5.92 Å². The minimum absolute atomic E-state index is 0.403. The molecule has 1 aromatic heterocycles. The maximum Gasteiger partial charge on any atom is 0.412 e. The first-order valence-corrected chi connectivity index (χ1v) is 7.61. The van der Waals surface area contributed by atoms with E-state index in [2.05, 4.69) is 25.9 Å². The van der Waals surface area contributed by atoms with Crippen LogP contribution in [0.4, 0.5) is 4.79 Å². The second-order valence-corrected chi connectivity index (χ2v) is 5.55. The number of H-pyrrole nitrogens is 1. The lowest BCUT2D eigenvalue weighted by Crippen LogP contribution is -2.32. The van der Waals surface area contributed by atoms with Gasteiger partial charge in [0.2, 0.25) is 0 Å². The molecule has 2 aromatic rings. The number of aromatic nitrogens is 4. The van der Waals surface area contributed by atoms with Crippen LogP contribution >= 0.6 is 0 Å². The van der Waals surface area contributed by atoms with E-state index in [-0.39, 0.29) is 0 Å². The molecule has 116 valence electrons. The molecule has 22 heavy (non-hydrogen) atoms. The zero-order chi connectivity index (χ0) is 15.2. The number of benzene rings is 1. The molecule has 0 saturated heterocycles. The normalized spacial score (nSPS) is 15.5. The van der Waals surface area contributed by atoms with Gasteiger partial charge in [0, 0.05) is 12.1 Å². The van der Waals surface area contributed by atoms with Crippen molar-refractivity contribution in [3.05, 3.63) is 24.3 Å². The summed E-state index contributed by atoms with van der Waals surface area (Å²) in [6.45, 7) is 0.695. The van der Waals surface area contributed by atoms with Crippen LogP contribution in [0.15, 0.2) is 24.3 Å². The van der Waals surface area contributed by atoms with Crippen molar-refractivity contribution in [1.82, 2.24) is 25.9 Å². The number of rotatable bonds is 4. The summed E-state index contributed by atoms with van der Waals surface area (Å²) in [5.41, 5.74) is 0.833. The number of nitrogens with one attached hydrogen (secondary N) is 2. The van der Waals surface area contributed by atoms with Crippen molar-refractivity contribution in [3.63, 3.8) is 0 Å². The van der Waals surface area contributed by atoms with E-state index in [0.29, 0.717) is 24.0 Å². The Balaban J connectivity index is 1.48. The highest BCUT2D eigenvalue weighted by Gasteiger charge is 2.15. The van der Waals surface area contributed by atoms with Gasteiger partial charge in [0.1, 0.15) is 5.75 Å². The summed E-state index contributed by atoms with van der Waals surface area (Å²) < 4.78 is 5.27. The van der Waals surface area contributed by atoms with Gasteiger partial charge in [-0.1, -0.05) is 19.3 Å². The Kier molecular flexibility index (Phi) is 4.62. The number of carbonyl (C=O) groups excluding carboxylic acids is 1. The van der Waals surface area contributed by atoms with Gasteiger partial charge >= 0.3 is 6.09 Å². The quantitative estimate of drug-likeness (QED) is 0.905.